The molecule has 154 valence electrons. The van der Waals surface area contributed by atoms with Crippen LogP contribution in [-0.4, -0.2) is 27.1 Å². The molecule has 2 aromatic heterocycles. The Morgan fingerprint density at radius 3 is 2.50 bits per heavy atom. The molecule has 0 radical (unpaired) electrons. The molecular weight excluding hydrogens is 400 g/mol. The fourth-order valence-corrected chi connectivity index (χ4v) is 3.48. The van der Waals surface area contributed by atoms with Crippen LogP contribution in [0.1, 0.15) is 36.2 Å². The van der Waals surface area contributed by atoms with Crippen LogP contribution in [0.15, 0.2) is 48.5 Å². The van der Waals surface area contributed by atoms with Gasteiger partial charge < -0.3 is 15.0 Å². The Bertz CT molecular complexity index is 1230. The first-order valence-electron chi connectivity index (χ1n) is 9.94. The van der Waals surface area contributed by atoms with Crippen molar-refractivity contribution < 1.29 is 9.53 Å². The van der Waals surface area contributed by atoms with Crippen molar-refractivity contribution in [2.45, 2.75) is 26.8 Å². The Hall–Kier alpha value is -3.12. The van der Waals surface area contributed by atoms with E-state index in [1.54, 1.807) is 4.57 Å². The number of benzene rings is 2. The van der Waals surface area contributed by atoms with Crippen LogP contribution in [0.25, 0.3) is 22.2 Å². The number of hydrogen-bond acceptors (Lipinski definition) is 5. The summed E-state index contributed by atoms with van der Waals surface area (Å²) >= 11 is 6.36. The molecule has 7 heteroatoms. The summed E-state index contributed by atoms with van der Waals surface area (Å²) in [5.74, 6) is 0.0493. The summed E-state index contributed by atoms with van der Waals surface area (Å²) in [5, 5.41) is 0.619. The average Bonchev–Trinajstić information content (AvgIpc) is 3.02. The molecule has 0 aliphatic rings. The van der Waals surface area contributed by atoms with Crippen molar-refractivity contribution in [2.75, 3.05) is 12.3 Å². The predicted molar refractivity (Wildman–Crippen MR) is 120 cm³/mol. The molecule has 4 aromatic rings. The quantitative estimate of drug-likeness (QED) is 0.438. The number of hydrogen-bond donors (Lipinski definition) is 1. The number of para-hydroxylation sites is 2. The number of nitrogens with two attached hydrogens (primary N) is 1. The molecule has 30 heavy (non-hydrogen) atoms. The van der Waals surface area contributed by atoms with E-state index in [2.05, 4.69) is 6.92 Å². The van der Waals surface area contributed by atoms with Crippen LogP contribution in [0.2, 0.25) is 5.02 Å². The first kappa shape index (κ1) is 20.2. The molecule has 0 spiro atoms. The summed E-state index contributed by atoms with van der Waals surface area (Å²) in [6, 6.07) is 15.0. The highest BCUT2D eigenvalue weighted by molar-refractivity contribution is 6.31. The number of rotatable bonds is 6. The van der Waals surface area contributed by atoms with Crippen molar-refractivity contribution in [3.63, 3.8) is 0 Å². The first-order valence-corrected chi connectivity index (χ1v) is 10.3. The van der Waals surface area contributed by atoms with Crippen molar-refractivity contribution in [1.29, 1.82) is 0 Å². The molecule has 6 nitrogen and oxygen atoms in total. The maximum Gasteiger partial charge on any atom is 0.344 e. The Kier molecular flexibility index (Phi) is 5.59. The van der Waals surface area contributed by atoms with E-state index < -0.39 is 5.97 Å². The highest BCUT2D eigenvalue weighted by atomic mass is 35.5. The normalized spacial score (nSPS) is 12.4. The Morgan fingerprint density at radius 2 is 1.80 bits per heavy atom. The molecule has 2 N–H and O–H groups in total. The van der Waals surface area contributed by atoms with E-state index in [0.29, 0.717) is 34.9 Å². The molecule has 0 bridgehead atoms. The number of nitrogen functional groups attached to an aromatic ring is 1. The van der Waals surface area contributed by atoms with Crippen molar-refractivity contribution in [3.05, 3.63) is 64.7 Å². The lowest BCUT2D eigenvalue weighted by atomic mass is 10.1. The number of carbonyl (C=O) groups excluding carboxylic acids is 1. The van der Waals surface area contributed by atoms with Gasteiger partial charge in [0.2, 0.25) is 0 Å². The number of nitrogens with zero attached hydrogens (tertiary/aromatic N) is 3. The second kappa shape index (κ2) is 8.32. The van der Waals surface area contributed by atoms with Gasteiger partial charge in [0.05, 0.1) is 24.2 Å². The van der Waals surface area contributed by atoms with Gasteiger partial charge in [-0.05, 0) is 29.7 Å². The van der Waals surface area contributed by atoms with Crippen LogP contribution < -0.4 is 5.73 Å². The maximum absolute atomic E-state index is 13.0. The number of carbonyl (C=O) groups is 1. The van der Waals surface area contributed by atoms with E-state index in [1.165, 1.54) is 0 Å². The summed E-state index contributed by atoms with van der Waals surface area (Å²) in [5.41, 5.74) is 9.96. The average molecular weight is 423 g/mol. The zero-order chi connectivity index (χ0) is 21.3. The monoisotopic (exact) mass is 422 g/mol. The van der Waals surface area contributed by atoms with Gasteiger partial charge in [0.25, 0.3) is 0 Å². The van der Waals surface area contributed by atoms with Crippen LogP contribution >= 0.6 is 11.6 Å². The standard InChI is InChI=1S/C23H23ClN4O2/c1-3-14(2)13-30-23(29)19-20-22(27-18-11-7-6-10-17(18)26-20)28(21(19)25)12-15-8-4-5-9-16(15)24/h4-11,14H,3,12-13,25H2,1-2H3. The van der Waals surface area contributed by atoms with Crippen molar-refractivity contribution >= 4 is 45.6 Å². The van der Waals surface area contributed by atoms with Crippen LogP contribution in [0.5, 0.6) is 0 Å². The van der Waals surface area contributed by atoms with Crippen LogP contribution in [0, 0.1) is 5.92 Å². The largest absolute Gasteiger partial charge is 0.462 e. The topological polar surface area (TPSA) is 83.0 Å². The summed E-state index contributed by atoms with van der Waals surface area (Å²) in [7, 11) is 0. The SMILES string of the molecule is CCC(C)COC(=O)c1c(N)n(Cc2ccccc2Cl)c2nc3ccccc3nc12. The van der Waals surface area contributed by atoms with E-state index in [4.69, 9.17) is 32.0 Å². The predicted octanol–water partition coefficient (Wildman–Crippen LogP) is 5.07. The first-order chi connectivity index (χ1) is 14.5. The molecule has 2 heterocycles. The van der Waals surface area contributed by atoms with Gasteiger partial charge in [-0.3, -0.25) is 0 Å². The number of fused-ring (bicyclic) bond motifs is 2. The van der Waals surface area contributed by atoms with E-state index in [0.717, 1.165) is 17.5 Å². The zero-order valence-corrected chi connectivity index (χ0v) is 17.7. The van der Waals surface area contributed by atoms with Crippen LogP contribution in [-0.2, 0) is 11.3 Å². The molecule has 2 aromatic carbocycles. The Balaban J connectivity index is 1.87. The number of halogens is 1. The number of esters is 1. The Labute approximate surface area is 179 Å². The third-order valence-corrected chi connectivity index (χ3v) is 5.65. The van der Waals surface area contributed by atoms with Gasteiger partial charge in [-0.15, -0.1) is 0 Å². The van der Waals surface area contributed by atoms with Crippen molar-refractivity contribution in [3.8, 4) is 0 Å². The second-order valence-electron chi connectivity index (χ2n) is 7.43. The highest BCUT2D eigenvalue weighted by Gasteiger charge is 2.25. The van der Waals surface area contributed by atoms with Crippen molar-refractivity contribution in [1.82, 2.24) is 14.5 Å². The minimum absolute atomic E-state index is 0.249. The molecule has 0 amide bonds. The lowest BCUT2D eigenvalue weighted by molar-refractivity contribution is 0.0450. The summed E-state index contributed by atoms with van der Waals surface area (Å²) < 4.78 is 7.32. The molecule has 0 saturated carbocycles. The van der Waals surface area contributed by atoms with E-state index in [1.807, 2.05) is 55.5 Å². The van der Waals surface area contributed by atoms with Crippen LogP contribution in [0.4, 0.5) is 5.82 Å². The third kappa shape index (κ3) is 3.71. The van der Waals surface area contributed by atoms with Gasteiger partial charge >= 0.3 is 5.97 Å². The molecule has 0 saturated heterocycles. The summed E-state index contributed by atoms with van der Waals surface area (Å²) in [6.07, 6.45) is 0.918. The molecule has 0 aliphatic carbocycles. The van der Waals surface area contributed by atoms with Gasteiger partial charge in [0, 0.05) is 5.02 Å². The number of anilines is 1. The zero-order valence-electron chi connectivity index (χ0n) is 16.9. The van der Waals surface area contributed by atoms with Gasteiger partial charge in [-0.25, -0.2) is 14.8 Å². The lowest BCUT2D eigenvalue weighted by Crippen LogP contribution is -2.14. The third-order valence-electron chi connectivity index (χ3n) is 5.28. The molecule has 1 unspecified atom stereocenters. The van der Waals surface area contributed by atoms with Gasteiger partial charge in [-0.2, -0.15) is 0 Å². The van der Waals surface area contributed by atoms with Gasteiger partial charge in [-0.1, -0.05) is 62.2 Å². The lowest BCUT2D eigenvalue weighted by Gasteiger charge is -2.10. The van der Waals surface area contributed by atoms with E-state index >= 15 is 0 Å². The second-order valence-corrected chi connectivity index (χ2v) is 7.84. The molecule has 4 rings (SSSR count). The molecular formula is C23H23ClN4O2. The smallest absolute Gasteiger partial charge is 0.344 e. The fraction of sp³-hybridized carbons (Fsp3) is 0.261. The van der Waals surface area contributed by atoms with Crippen molar-refractivity contribution in [2.24, 2.45) is 5.92 Å². The molecule has 1 atom stereocenters. The molecule has 0 fully saturated rings. The van der Waals surface area contributed by atoms with Gasteiger partial charge in [0.15, 0.2) is 5.65 Å². The highest BCUT2D eigenvalue weighted by Crippen LogP contribution is 2.30. The number of aromatic nitrogens is 3. The Morgan fingerprint density at radius 1 is 1.13 bits per heavy atom. The fourth-order valence-electron chi connectivity index (χ4n) is 3.28. The van der Waals surface area contributed by atoms with Gasteiger partial charge in [0.1, 0.15) is 16.9 Å². The minimum Gasteiger partial charge on any atom is -0.462 e. The van der Waals surface area contributed by atoms with E-state index in [-0.39, 0.29) is 17.3 Å². The molecule has 0 aliphatic heterocycles. The number of ether oxygens (including phenoxy) is 1. The van der Waals surface area contributed by atoms with Crippen LogP contribution in [0.3, 0.4) is 0 Å². The summed E-state index contributed by atoms with van der Waals surface area (Å²) in [6.45, 7) is 4.78. The minimum atomic E-state index is -0.486. The van der Waals surface area contributed by atoms with E-state index in [9.17, 15) is 4.79 Å². The summed E-state index contributed by atoms with van der Waals surface area (Å²) in [4.78, 5) is 22.4. The maximum atomic E-state index is 13.0.